The van der Waals surface area contributed by atoms with Crippen molar-refractivity contribution >= 4 is 0 Å². The van der Waals surface area contributed by atoms with Gasteiger partial charge in [-0.25, -0.2) is 0 Å². The molecule has 0 bridgehead atoms. The van der Waals surface area contributed by atoms with Gasteiger partial charge in [-0.15, -0.1) is 0 Å². The summed E-state index contributed by atoms with van der Waals surface area (Å²) < 4.78 is 6.01. The molecule has 2 N–H and O–H groups in total. The lowest BCUT2D eigenvalue weighted by Gasteiger charge is -2.48. The molecule has 0 radical (unpaired) electrons. The van der Waals surface area contributed by atoms with Crippen molar-refractivity contribution < 1.29 is 4.74 Å². The number of nitrogens with one attached hydrogen (secondary N) is 2. The molecule has 5 heteroatoms. The Morgan fingerprint density at radius 3 is 3.11 bits per heavy atom. The number of H-pyrrole nitrogens is 1. The largest absolute Gasteiger partial charge is 0.375 e. The summed E-state index contributed by atoms with van der Waals surface area (Å²) in [6.07, 6.45) is 7.92. The van der Waals surface area contributed by atoms with E-state index in [2.05, 4.69) is 27.7 Å². The van der Waals surface area contributed by atoms with E-state index in [0.29, 0.717) is 12.0 Å². The van der Waals surface area contributed by atoms with Gasteiger partial charge < -0.3 is 10.1 Å². The average Bonchev–Trinajstić information content (AvgIpc) is 2.88. The van der Waals surface area contributed by atoms with E-state index in [9.17, 15) is 0 Å². The number of hydrogen-bond acceptors (Lipinski definition) is 4. The minimum absolute atomic E-state index is 0.195. The van der Waals surface area contributed by atoms with Crippen molar-refractivity contribution in [3.8, 4) is 0 Å². The first-order valence-corrected chi connectivity index (χ1v) is 7.06. The Labute approximate surface area is 108 Å². The lowest BCUT2D eigenvalue weighted by Crippen LogP contribution is -2.48. The molecule has 2 fully saturated rings. The van der Waals surface area contributed by atoms with Crippen LogP contribution in [0.2, 0.25) is 0 Å². The van der Waals surface area contributed by atoms with E-state index in [1.54, 1.807) is 0 Å². The van der Waals surface area contributed by atoms with Crippen LogP contribution in [-0.2, 0) is 4.74 Å². The second-order valence-electron chi connectivity index (χ2n) is 5.57. The maximum atomic E-state index is 6.01. The van der Waals surface area contributed by atoms with E-state index in [1.807, 2.05) is 6.20 Å². The Bertz CT molecular complexity index is 374. The first-order valence-electron chi connectivity index (χ1n) is 7.06. The van der Waals surface area contributed by atoms with Crippen LogP contribution < -0.4 is 5.32 Å². The topological polar surface area (TPSA) is 62.8 Å². The van der Waals surface area contributed by atoms with Gasteiger partial charge in [0.05, 0.1) is 23.5 Å². The second-order valence-corrected chi connectivity index (χ2v) is 5.57. The number of nitrogens with zero attached hydrogens (tertiary/aromatic N) is 2. The van der Waals surface area contributed by atoms with Crippen LogP contribution in [0.1, 0.15) is 50.8 Å². The van der Waals surface area contributed by atoms with E-state index in [1.165, 1.54) is 19.3 Å². The molecule has 1 saturated carbocycles. The molecule has 1 aromatic heterocycles. The third-order valence-electron chi connectivity index (χ3n) is 4.44. The minimum atomic E-state index is 0.195. The SMILES string of the molecule is CCNC(c1cn[nH]n1)C1CCOC2(CCC2)C1. The predicted molar refractivity (Wildman–Crippen MR) is 68.1 cm³/mol. The monoisotopic (exact) mass is 250 g/mol. The molecule has 2 aliphatic rings. The van der Waals surface area contributed by atoms with Crippen molar-refractivity contribution in [2.75, 3.05) is 13.2 Å². The normalized spacial score (nSPS) is 27.9. The summed E-state index contributed by atoms with van der Waals surface area (Å²) in [6, 6.07) is 0.315. The lowest BCUT2D eigenvalue weighted by atomic mass is 9.70. The van der Waals surface area contributed by atoms with Crippen molar-refractivity contribution in [1.29, 1.82) is 0 Å². The van der Waals surface area contributed by atoms with Crippen molar-refractivity contribution in [3.63, 3.8) is 0 Å². The summed E-state index contributed by atoms with van der Waals surface area (Å²) in [5.41, 5.74) is 1.23. The third-order valence-corrected chi connectivity index (χ3v) is 4.44. The molecule has 1 saturated heterocycles. The van der Waals surface area contributed by atoms with Gasteiger partial charge in [0.1, 0.15) is 0 Å². The summed E-state index contributed by atoms with van der Waals surface area (Å²) in [7, 11) is 0. The number of rotatable bonds is 4. The molecule has 2 heterocycles. The zero-order chi connectivity index (χ0) is 12.4. The molecule has 18 heavy (non-hydrogen) atoms. The van der Waals surface area contributed by atoms with E-state index in [-0.39, 0.29) is 5.60 Å². The van der Waals surface area contributed by atoms with Crippen molar-refractivity contribution in [1.82, 2.24) is 20.7 Å². The Morgan fingerprint density at radius 1 is 1.61 bits per heavy atom. The number of aromatic amines is 1. The van der Waals surface area contributed by atoms with Gasteiger partial charge in [-0.3, -0.25) is 0 Å². The fraction of sp³-hybridized carbons (Fsp3) is 0.846. The second kappa shape index (κ2) is 4.97. The smallest absolute Gasteiger partial charge is 0.0996 e. The van der Waals surface area contributed by atoms with E-state index < -0.39 is 0 Å². The maximum Gasteiger partial charge on any atom is 0.0996 e. The fourth-order valence-corrected chi connectivity index (χ4v) is 3.36. The molecule has 1 aliphatic carbocycles. The molecular weight excluding hydrogens is 228 g/mol. The van der Waals surface area contributed by atoms with Gasteiger partial charge in [0.15, 0.2) is 0 Å². The van der Waals surface area contributed by atoms with Crippen molar-refractivity contribution in [3.05, 3.63) is 11.9 Å². The summed E-state index contributed by atoms with van der Waals surface area (Å²) in [4.78, 5) is 0. The third kappa shape index (κ3) is 2.17. The number of aromatic nitrogens is 3. The highest BCUT2D eigenvalue weighted by Gasteiger charge is 2.44. The molecule has 100 valence electrons. The van der Waals surface area contributed by atoms with Gasteiger partial charge in [0, 0.05) is 6.61 Å². The standard InChI is InChI=1S/C13H22N4O/c1-2-14-12(11-9-15-17-16-11)10-4-7-18-13(8-10)5-3-6-13/h9-10,12,14H,2-8H2,1H3,(H,15,16,17). The lowest BCUT2D eigenvalue weighted by molar-refractivity contribution is -0.147. The van der Waals surface area contributed by atoms with Gasteiger partial charge in [-0.2, -0.15) is 15.4 Å². The Hall–Kier alpha value is -0.940. The van der Waals surface area contributed by atoms with E-state index >= 15 is 0 Å². The highest BCUT2D eigenvalue weighted by Crippen LogP contribution is 2.46. The van der Waals surface area contributed by atoms with Crippen molar-refractivity contribution in [2.24, 2.45) is 5.92 Å². The highest BCUT2D eigenvalue weighted by molar-refractivity contribution is 5.05. The molecule has 2 atom stereocenters. The van der Waals surface area contributed by atoms with E-state index in [0.717, 1.165) is 31.7 Å². The molecule has 2 unspecified atom stereocenters. The summed E-state index contributed by atoms with van der Waals surface area (Å²) >= 11 is 0. The summed E-state index contributed by atoms with van der Waals surface area (Å²) in [6.45, 7) is 4.00. The fourth-order valence-electron chi connectivity index (χ4n) is 3.36. The zero-order valence-corrected chi connectivity index (χ0v) is 11.0. The summed E-state index contributed by atoms with van der Waals surface area (Å²) in [5.74, 6) is 0.615. The van der Waals surface area contributed by atoms with Crippen molar-refractivity contribution in [2.45, 2.75) is 50.7 Å². The number of hydrogen-bond donors (Lipinski definition) is 2. The van der Waals surface area contributed by atoms with Crippen LogP contribution in [0, 0.1) is 5.92 Å². The van der Waals surface area contributed by atoms with Crippen LogP contribution in [0.3, 0.4) is 0 Å². The van der Waals surface area contributed by atoms with Crippen LogP contribution >= 0.6 is 0 Å². The molecule has 5 nitrogen and oxygen atoms in total. The zero-order valence-electron chi connectivity index (χ0n) is 11.0. The minimum Gasteiger partial charge on any atom is -0.375 e. The molecule has 0 amide bonds. The molecule has 3 rings (SSSR count). The first-order chi connectivity index (χ1) is 8.83. The average molecular weight is 250 g/mol. The Balaban J connectivity index is 1.73. The molecule has 1 aliphatic heterocycles. The van der Waals surface area contributed by atoms with Crippen LogP contribution in [0.25, 0.3) is 0 Å². The van der Waals surface area contributed by atoms with E-state index in [4.69, 9.17) is 4.74 Å². The Morgan fingerprint density at radius 2 is 2.50 bits per heavy atom. The number of ether oxygens (including phenoxy) is 1. The molecular formula is C13H22N4O. The summed E-state index contributed by atoms with van der Waals surface area (Å²) in [5, 5.41) is 14.5. The van der Waals surface area contributed by atoms with Crippen LogP contribution in [-0.4, -0.2) is 34.2 Å². The van der Waals surface area contributed by atoms with Gasteiger partial charge in [0.25, 0.3) is 0 Å². The first kappa shape index (κ1) is 12.1. The van der Waals surface area contributed by atoms with Crippen LogP contribution in [0.4, 0.5) is 0 Å². The van der Waals surface area contributed by atoms with Gasteiger partial charge >= 0.3 is 0 Å². The van der Waals surface area contributed by atoms with Gasteiger partial charge in [-0.05, 0) is 44.6 Å². The van der Waals surface area contributed by atoms with Gasteiger partial charge in [-0.1, -0.05) is 6.92 Å². The van der Waals surface area contributed by atoms with Gasteiger partial charge in [0.2, 0.25) is 0 Å². The molecule has 1 spiro atoms. The van der Waals surface area contributed by atoms with Crippen LogP contribution in [0.5, 0.6) is 0 Å². The quantitative estimate of drug-likeness (QED) is 0.855. The maximum absolute atomic E-state index is 6.01. The Kier molecular flexibility index (Phi) is 3.35. The predicted octanol–water partition coefficient (Wildman–Crippen LogP) is 1.80. The van der Waals surface area contributed by atoms with Crippen LogP contribution in [0.15, 0.2) is 6.20 Å². The highest BCUT2D eigenvalue weighted by atomic mass is 16.5. The molecule has 0 aromatic carbocycles. The molecule has 1 aromatic rings.